The third-order valence-electron chi connectivity index (χ3n) is 5.61. The number of hydrogen-bond acceptors (Lipinski definition) is 3. The van der Waals surface area contributed by atoms with Crippen molar-refractivity contribution in [1.82, 2.24) is 10.6 Å². The van der Waals surface area contributed by atoms with Gasteiger partial charge in [-0.2, -0.15) is 0 Å². The number of rotatable bonds is 7. The number of ether oxygens (including phenoxy) is 1. The van der Waals surface area contributed by atoms with E-state index in [1.54, 1.807) is 14.2 Å². The van der Waals surface area contributed by atoms with Crippen molar-refractivity contribution in [2.75, 3.05) is 26.5 Å². The second-order valence-corrected chi connectivity index (χ2v) is 8.91. The van der Waals surface area contributed by atoms with E-state index in [9.17, 15) is 4.21 Å². The van der Waals surface area contributed by atoms with Gasteiger partial charge in [0.1, 0.15) is 0 Å². The molecule has 6 heteroatoms. The van der Waals surface area contributed by atoms with Gasteiger partial charge in [0.2, 0.25) is 0 Å². The molecule has 0 aromatic heterocycles. The Kier molecular flexibility index (Phi) is 6.63. The van der Waals surface area contributed by atoms with Crippen LogP contribution in [0.3, 0.4) is 0 Å². The molecule has 5 nitrogen and oxygen atoms in total. The summed E-state index contributed by atoms with van der Waals surface area (Å²) in [4.78, 5) is 4.28. The van der Waals surface area contributed by atoms with E-state index in [1.807, 2.05) is 30.3 Å². The van der Waals surface area contributed by atoms with Crippen LogP contribution < -0.4 is 10.6 Å². The fraction of sp³-hybridized carbons (Fsp3) is 0.632. The molecule has 2 rings (SSSR count). The summed E-state index contributed by atoms with van der Waals surface area (Å²) in [7, 11) is 2.65. The molecule has 0 spiro atoms. The van der Waals surface area contributed by atoms with Crippen molar-refractivity contribution in [3.8, 4) is 0 Å². The second-order valence-electron chi connectivity index (χ2n) is 7.33. The zero-order valence-electron chi connectivity index (χ0n) is 16.0. The first kappa shape index (κ1) is 19.9. The number of aliphatic imine (C=N–C) groups is 1. The maximum Gasteiger partial charge on any atom is 0.191 e. The highest BCUT2D eigenvalue weighted by Gasteiger charge is 2.58. The topological polar surface area (TPSA) is 62.7 Å². The Balaban J connectivity index is 1.75. The summed E-state index contributed by atoms with van der Waals surface area (Å²) in [6, 6.07) is 10.3. The van der Waals surface area contributed by atoms with E-state index in [1.165, 1.54) is 0 Å². The molecule has 0 amide bonds. The molecule has 1 fully saturated rings. The van der Waals surface area contributed by atoms with Gasteiger partial charge >= 0.3 is 0 Å². The largest absolute Gasteiger partial charge is 0.378 e. The zero-order valence-corrected chi connectivity index (χ0v) is 16.8. The van der Waals surface area contributed by atoms with Crippen LogP contribution in [0, 0.1) is 5.41 Å². The molecule has 0 radical (unpaired) electrons. The first-order valence-electron chi connectivity index (χ1n) is 8.73. The smallest absolute Gasteiger partial charge is 0.191 e. The SMILES string of the molecule is CN=C(NCCS(=O)Cc1ccccc1)NC1CC(C)(OC)C1(C)C. The molecule has 0 aliphatic heterocycles. The van der Waals surface area contributed by atoms with Crippen LogP contribution in [-0.4, -0.2) is 48.3 Å². The lowest BCUT2D eigenvalue weighted by molar-refractivity contribution is -0.176. The van der Waals surface area contributed by atoms with Gasteiger partial charge in [0.05, 0.1) is 5.60 Å². The molecule has 1 aliphatic rings. The molecule has 3 unspecified atom stereocenters. The average Bonchev–Trinajstić information content (AvgIpc) is 2.60. The average molecular weight is 366 g/mol. The summed E-state index contributed by atoms with van der Waals surface area (Å²) < 4.78 is 17.9. The fourth-order valence-electron chi connectivity index (χ4n) is 3.20. The Labute approximate surface area is 154 Å². The number of nitrogens with one attached hydrogen (secondary N) is 2. The molecule has 1 saturated carbocycles. The lowest BCUT2D eigenvalue weighted by Crippen LogP contribution is -2.69. The van der Waals surface area contributed by atoms with Crippen LogP contribution in [-0.2, 0) is 21.3 Å². The van der Waals surface area contributed by atoms with Crippen LogP contribution in [0.25, 0.3) is 0 Å². The standard InChI is InChI=1S/C19H31N3O2S/c1-18(2)16(13-19(18,3)24-5)22-17(20-4)21-11-12-25(23)14-15-9-7-6-8-10-15/h6-10,16H,11-14H2,1-5H3,(H2,20,21,22). The van der Waals surface area contributed by atoms with E-state index in [0.29, 0.717) is 24.1 Å². The van der Waals surface area contributed by atoms with E-state index in [4.69, 9.17) is 4.74 Å². The molecule has 1 aliphatic carbocycles. The zero-order chi connectivity index (χ0) is 18.5. The van der Waals surface area contributed by atoms with Crippen molar-refractivity contribution in [3.05, 3.63) is 35.9 Å². The molecule has 1 aromatic carbocycles. The van der Waals surface area contributed by atoms with Crippen molar-refractivity contribution in [1.29, 1.82) is 0 Å². The number of nitrogens with zero attached hydrogens (tertiary/aromatic N) is 1. The van der Waals surface area contributed by atoms with Gasteiger partial charge in [0.25, 0.3) is 0 Å². The number of methoxy groups -OCH3 is 1. The van der Waals surface area contributed by atoms with Gasteiger partial charge in [0.15, 0.2) is 5.96 Å². The minimum absolute atomic E-state index is 0.0233. The van der Waals surface area contributed by atoms with Gasteiger partial charge in [-0.05, 0) is 18.9 Å². The summed E-state index contributed by atoms with van der Waals surface area (Å²) in [5.41, 5.74) is 1.02. The summed E-state index contributed by atoms with van der Waals surface area (Å²) in [6.45, 7) is 7.20. The van der Waals surface area contributed by atoms with Crippen LogP contribution in [0.1, 0.15) is 32.8 Å². The molecular formula is C19H31N3O2S. The molecule has 0 heterocycles. The van der Waals surface area contributed by atoms with Crippen LogP contribution in [0.4, 0.5) is 0 Å². The third kappa shape index (κ3) is 4.61. The summed E-state index contributed by atoms with van der Waals surface area (Å²) in [5.74, 6) is 1.95. The summed E-state index contributed by atoms with van der Waals surface area (Å²) in [6.07, 6.45) is 0.942. The van der Waals surface area contributed by atoms with Crippen LogP contribution >= 0.6 is 0 Å². The Hall–Kier alpha value is -1.40. The van der Waals surface area contributed by atoms with Crippen molar-refractivity contribution in [3.63, 3.8) is 0 Å². The van der Waals surface area contributed by atoms with Crippen LogP contribution in [0.15, 0.2) is 35.3 Å². The van der Waals surface area contributed by atoms with E-state index in [2.05, 4.69) is 36.4 Å². The predicted molar refractivity (Wildman–Crippen MR) is 105 cm³/mol. The van der Waals surface area contributed by atoms with E-state index < -0.39 is 10.8 Å². The van der Waals surface area contributed by atoms with Crippen LogP contribution in [0.2, 0.25) is 0 Å². The molecule has 1 aromatic rings. The lowest BCUT2D eigenvalue weighted by atomic mass is 9.56. The molecule has 0 saturated heterocycles. The van der Waals surface area contributed by atoms with Crippen LogP contribution in [0.5, 0.6) is 0 Å². The predicted octanol–water partition coefficient (Wildman–Crippen LogP) is 2.30. The first-order valence-corrected chi connectivity index (χ1v) is 10.2. The molecule has 2 N–H and O–H groups in total. The molecule has 3 atom stereocenters. The highest BCUT2D eigenvalue weighted by molar-refractivity contribution is 7.84. The highest BCUT2D eigenvalue weighted by atomic mass is 32.2. The van der Waals surface area contributed by atoms with E-state index >= 15 is 0 Å². The van der Waals surface area contributed by atoms with Gasteiger partial charge in [-0.15, -0.1) is 0 Å². The molecular weight excluding hydrogens is 334 g/mol. The van der Waals surface area contributed by atoms with Crippen molar-refractivity contribution in [2.24, 2.45) is 10.4 Å². The summed E-state index contributed by atoms with van der Waals surface area (Å²) >= 11 is 0. The van der Waals surface area contributed by atoms with Gasteiger partial charge in [-0.25, -0.2) is 0 Å². The Bertz CT molecular complexity index is 618. The summed E-state index contributed by atoms with van der Waals surface area (Å²) in [5, 5.41) is 6.74. The second kappa shape index (κ2) is 8.32. The van der Waals surface area contributed by atoms with E-state index in [-0.39, 0.29) is 11.0 Å². The quantitative estimate of drug-likeness (QED) is 0.575. The number of hydrogen-bond donors (Lipinski definition) is 2. The Morgan fingerprint density at radius 1 is 1.32 bits per heavy atom. The normalized spacial score (nSPS) is 26.6. The number of benzene rings is 1. The van der Waals surface area contributed by atoms with Crippen molar-refractivity contribution < 1.29 is 8.95 Å². The maximum absolute atomic E-state index is 12.2. The monoisotopic (exact) mass is 365 g/mol. The maximum atomic E-state index is 12.2. The van der Waals surface area contributed by atoms with E-state index in [0.717, 1.165) is 17.9 Å². The molecule has 0 bridgehead atoms. The third-order valence-corrected chi connectivity index (χ3v) is 6.92. The van der Waals surface area contributed by atoms with Gasteiger partial charge in [0, 0.05) is 54.5 Å². The Morgan fingerprint density at radius 3 is 2.56 bits per heavy atom. The fourth-order valence-corrected chi connectivity index (χ4v) is 4.24. The van der Waals surface area contributed by atoms with Gasteiger partial charge in [-0.1, -0.05) is 44.2 Å². The van der Waals surface area contributed by atoms with Crippen molar-refractivity contribution >= 4 is 16.8 Å². The molecule has 25 heavy (non-hydrogen) atoms. The highest BCUT2D eigenvalue weighted by Crippen LogP contribution is 2.51. The number of guanidine groups is 1. The van der Waals surface area contributed by atoms with Crippen molar-refractivity contribution in [2.45, 2.75) is 44.6 Å². The first-order chi connectivity index (χ1) is 11.8. The van der Waals surface area contributed by atoms with Gasteiger partial charge in [-0.3, -0.25) is 9.20 Å². The minimum Gasteiger partial charge on any atom is -0.378 e. The Morgan fingerprint density at radius 2 is 2.00 bits per heavy atom. The van der Waals surface area contributed by atoms with Gasteiger partial charge < -0.3 is 15.4 Å². The molecule has 140 valence electrons. The lowest BCUT2D eigenvalue weighted by Gasteiger charge is -2.59. The minimum atomic E-state index is -0.884.